The Hall–Kier alpha value is -0.490. The fraction of sp³-hybridized carbons (Fsp3) is 0.615. The monoisotopic (exact) mass is 335 g/mol. The Morgan fingerprint density at radius 1 is 1.55 bits per heavy atom. The minimum atomic E-state index is -0.870. The summed E-state index contributed by atoms with van der Waals surface area (Å²) < 4.78 is 6.68. The van der Waals surface area contributed by atoms with Crippen LogP contribution in [0.25, 0.3) is 0 Å². The summed E-state index contributed by atoms with van der Waals surface area (Å²) in [6.45, 7) is 3.01. The molecule has 0 saturated carbocycles. The Morgan fingerprint density at radius 2 is 2.30 bits per heavy atom. The van der Waals surface area contributed by atoms with Crippen LogP contribution in [0.5, 0.6) is 0 Å². The topological polar surface area (TPSA) is 49.8 Å². The maximum Gasteiger partial charge on any atom is 0.407 e. The lowest BCUT2D eigenvalue weighted by molar-refractivity contribution is -0.104. The molecule has 3 heterocycles. The van der Waals surface area contributed by atoms with Crippen molar-refractivity contribution in [1.82, 2.24) is 4.90 Å². The van der Waals surface area contributed by atoms with Crippen LogP contribution in [0, 0.1) is 0 Å². The summed E-state index contributed by atoms with van der Waals surface area (Å²) in [5.41, 5.74) is 0.671. The standard InChI is InChI=1S/C13H15Cl2NO3S/c1-7-6-13(3-4-16(7)12(17)18)10-8(2-5-19-13)9(14)11(15)20-10/h7H,2-6H2,1H3,(H,17,18)/t7-,13?/m0/s1. The molecule has 1 N–H and O–H groups in total. The lowest BCUT2D eigenvalue weighted by Crippen LogP contribution is -2.51. The van der Waals surface area contributed by atoms with E-state index < -0.39 is 11.7 Å². The van der Waals surface area contributed by atoms with Gasteiger partial charge in [0.05, 0.1) is 11.6 Å². The van der Waals surface area contributed by atoms with Crippen molar-refractivity contribution in [2.75, 3.05) is 13.2 Å². The van der Waals surface area contributed by atoms with Crippen LogP contribution in [-0.4, -0.2) is 35.3 Å². The Labute approximate surface area is 131 Å². The number of fused-ring (bicyclic) bond motifs is 2. The molecular weight excluding hydrogens is 321 g/mol. The van der Waals surface area contributed by atoms with Gasteiger partial charge in [-0.3, -0.25) is 0 Å². The first kappa shape index (κ1) is 14.4. The highest BCUT2D eigenvalue weighted by atomic mass is 35.5. The number of halogens is 2. The second-order valence-corrected chi connectivity index (χ2v) is 7.37. The Bertz CT molecular complexity index is 562. The molecule has 1 saturated heterocycles. The van der Waals surface area contributed by atoms with Gasteiger partial charge in [0.1, 0.15) is 9.94 Å². The van der Waals surface area contributed by atoms with Crippen molar-refractivity contribution in [1.29, 1.82) is 0 Å². The van der Waals surface area contributed by atoms with E-state index in [-0.39, 0.29) is 6.04 Å². The van der Waals surface area contributed by atoms with Gasteiger partial charge in [0, 0.05) is 23.9 Å². The predicted molar refractivity (Wildman–Crippen MR) is 79.1 cm³/mol. The molecule has 1 unspecified atom stereocenters. The van der Waals surface area contributed by atoms with E-state index in [0.717, 1.165) is 16.9 Å². The maximum atomic E-state index is 11.2. The van der Waals surface area contributed by atoms with Gasteiger partial charge in [0.15, 0.2) is 0 Å². The van der Waals surface area contributed by atoms with Gasteiger partial charge in [-0.15, -0.1) is 11.3 Å². The molecule has 110 valence electrons. The van der Waals surface area contributed by atoms with Crippen molar-refractivity contribution >= 4 is 40.6 Å². The number of likely N-dealkylation sites (tertiary alicyclic amines) is 1. The minimum Gasteiger partial charge on any atom is -0.465 e. The molecule has 0 radical (unpaired) electrons. The molecule has 7 heteroatoms. The lowest BCUT2D eigenvalue weighted by Gasteiger charge is -2.46. The number of carboxylic acid groups (broad SMARTS) is 1. The Balaban J connectivity index is 1.96. The van der Waals surface area contributed by atoms with Crippen LogP contribution >= 0.6 is 34.5 Å². The molecular formula is C13H15Cl2NO3S. The second kappa shape index (κ2) is 5.05. The van der Waals surface area contributed by atoms with Crippen molar-refractivity contribution in [3.05, 3.63) is 19.8 Å². The number of ether oxygens (including phenoxy) is 1. The van der Waals surface area contributed by atoms with E-state index in [9.17, 15) is 9.90 Å². The van der Waals surface area contributed by atoms with Crippen LogP contribution in [0.2, 0.25) is 9.36 Å². The first-order valence-corrected chi connectivity index (χ1v) is 8.12. The first-order chi connectivity index (χ1) is 9.44. The molecule has 0 aromatic carbocycles. The molecule has 1 spiro atoms. The predicted octanol–water partition coefficient (Wildman–Crippen LogP) is 3.99. The molecule has 2 aliphatic heterocycles. The van der Waals surface area contributed by atoms with Gasteiger partial charge < -0.3 is 14.7 Å². The summed E-state index contributed by atoms with van der Waals surface area (Å²) in [5, 5.41) is 9.83. The third-order valence-electron chi connectivity index (χ3n) is 4.21. The lowest BCUT2D eigenvalue weighted by atomic mass is 9.82. The third kappa shape index (κ3) is 2.11. The van der Waals surface area contributed by atoms with E-state index in [4.69, 9.17) is 27.9 Å². The van der Waals surface area contributed by atoms with E-state index in [1.54, 1.807) is 0 Å². The Kier molecular flexibility index (Phi) is 3.65. The number of piperidine rings is 1. The third-order valence-corrected chi connectivity index (χ3v) is 6.46. The van der Waals surface area contributed by atoms with E-state index in [0.29, 0.717) is 35.4 Å². The molecule has 1 aromatic heterocycles. The quantitative estimate of drug-likeness (QED) is 0.779. The number of nitrogens with zero attached hydrogens (tertiary/aromatic N) is 1. The largest absolute Gasteiger partial charge is 0.465 e. The second-order valence-electron chi connectivity index (χ2n) is 5.37. The van der Waals surface area contributed by atoms with Gasteiger partial charge in [-0.25, -0.2) is 4.79 Å². The van der Waals surface area contributed by atoms with E-state index in [2.05, 4.69) is 0 Å². The molecule has 2 atom stereocenters. The summed E-state index contributed by atoms with van der Waals surface area (Å²) in [7, 11) is 0. The normalized spacial score (nSPS) is 29.6. The van der Waals surface area contributed by atoms with Gasteiger partial charge in [-0.1, -0.05) is 23.2 Å². The van der Waals surface area contributed by atoms with E-state index in [1.807, 2.05) is 6.92 Å². The molecule has 3 rings (SSSR count). The summed E-state index contributed by atoms with van der Waals surface area (Å²) in [6, 6.07) is -0.0770. The number of carbonyl (C=O) groups is 1. The first-order valence-electron chi connectivity index (χ1n) is 6.55. The highest BCUT2D eigenvalue weighted by Crippen LogP contribution is 2.51. The van der Waals surface area contributed by atoms with Gasteiger partial charge >= 0.3 is 6.09 Å². The smallest absolute Gasteiger partial charge is 0.407 e. The zero-order chi connectivity index (χ0) is 14.5. The highest BCUT2D eigenvalue weighted by molar-refractivity contribution is 7.17. The van der Waals surface area contributed by atoms with Gasteiger partial charge in [0.25, 0.3) is 0 Å². The summed E-state index contributed by atoms with van der Waals surface area (Å²) in [5.74, 6) is 0. The number of thiophene rings is 1. The SMILES string of the molecule is C[C@H]1CC2(CCN1C(=O)O)OCCc1c2sc(Cl)c1Cl. The fourth-order valence-corrected chi connectivity index (χ4v) is 5.11. The molecule has 1 aromatic rings. The molecule has 1 amide bonds. The molecule has 0 aliphatic carbocycles. The van der Waals surface area contributed by atoms with Crippen molar-refractivity contribution in [3.63, 3.8) is 0 Å². The number of hydrogen-bond donors (Lipinski definition) is 1. The fourth-order valence-electron chi connectivity index (χ4n) is 3.25. The van der Waals surface area contributed by atoms with Crippen LogP contribution in [0.1, 0.15) is 30.2 Å². The summed E-state index contributed by atoms with van der Waals surface area (Å²) in [4.78, 5) is 13.8. The van der Waals surface area contributed by atoms with Crippen molar-refractivity contribution in [3.8, 4) is 0 Å². The average Bonchev–Trinajstić information content (AvgIpc) is 2.68. The van der Waals surface area contributed by atoms with Crippen LogP contribution < -0.4 is 0 Å². The summed E-state index contributed by atoms with van der Waals surface area (Å²) >= 11 is 13.9. The van der Waals surface area contributed by atoms with E-state index in [1.165, 1.54) is 16.2 Å². The summed E-state index contributed by atoms with van der Waals surface area (Å²) in [6.07, 6.45) is 1.21. The molecule has 1 fully saturated rings. The zero-order valence-electron chi connectivity index (χ0n) is 11.0. The van der Waals surface area contributed by atoms with Crippen molar-refractivity contribution < 1.29 is 14.6 Å². The van der Waals surface area contributed by atoms with Crippen LogP contribution in [0.4, 0.5) is 4.79 Å². The average molecular weight is 336 g/mol. The van der Waals surface area contributed by atoms with Crippen molar-refractivity contribution in [2.24, 2.45) is 0 Å². The van der Waals surface area contributed by atoms with Crippen molar-refractivity contribution in [2.45, 2.75) is 37.8 Å². The number of hydrogen-bond acceptors (Lipinski definition) is 3. The zero-order valence-corrected chi connectivity index (χ0v) is 13.3. The maximum absolute atomic E-state index is 11.2. The van der Waals surface area contributed by atoms with E-state index >= 15 is 0 Å². The molecule has 20 heavy (non-hydrogen) atoms. The van der Waals surface area contributed by atoms with Gasteiger partial charge in [-0.2, -0.15) is 0 Å². The Morgan fingerprint density at radius 3 is 2.95 bits per heavy atom. The van der Waals surface area contributed by atoms with Gasteiger partial charge in [0.2, 0.25) is 0 Å². The molecule has 2 aliphatic rings. The molecule has 0 bridgehead atoms. The minimum absolute atomic E-state index is 0.0770. The highest BCUT2D eigenvalue weighted by Gasteiger charge is 2.46. The molecule has 4 nitrogen and oxygen atoms in total. The van der Waals surface area contributed by atoms with Crippen LogP contribution in [0.3, 0.4) is 0 Å². The number of rotatable bonds is 0. The van der Waals surface area contributed by atoms with Crippen LogP contribution in [-0.2, 0) is 16.8 Å². The number of amides is 1. The van der Waals surface area contributed by atoms with Crippen LogP contribution in [0.15, 0.2) is 0 Å². The van der Waals surface area contributed by atoms with Gasteiger partial charge in [-0.05, 0) is 25.3 Å².